The zero-order chi connectivity index (χ0) is 11.6. The molecule has 0 aromatic carbocycles. The van der Waals surface area contributed by atoms with Crippen LogP contribution in [0.2, 0.25) is 5.15 Å². The SMILES string of the molecule is Clc1ccccn1.OCCc1ccccn1. The van der Waals surface area contributed by atoms with Gasteiger partial charge in [-0.05, 0) is 24.3 Å². The van der Waals surface area contributed by atoms with Gasteiger partial charge in [-0.1, -0.05) is 23.7 Å². The van der Waals surface area contributed by atoms with Gasteiger partial charge in [-0.25, -0.2) is 4.98 Å². The van der Waals surface area contributed by atoms with E-state index in [1.807, 2.05) is 30.3 Å². The molecule has 2 heterocycles. The van der Waals surface area contributed by atoms with Crippen LogP contribution in [-0.4, -0.2) is 21.7 Å². The highest BCUT2D eigenvalue weighted by atomic mass is 35.5. The number of nitrogens with zero attached hydrogens (tertiary/aromatic N) is 2. The molecular weight excluding hydrogens is 224 g/mol. The molecule has 3 nitrogen and oxygen atoms in total. The molecule has 2 aromatic heterocycles. The first-order chi connectivity index (χ1) is 7.83. The third-order valence-corrected chi connectivity index (χ3v) is 1.95. The molecule has 4 heteroatoms. The molecule has 0 atom stereocenters. The largest absolute Gasteiger partial charge is 0.396 e. The number of halogens is 1. The minimum Gasteiger partial charge on any atom is -0.396 e. The Morgan fingerprint density at radius 3 is 2.06 bits per heavy atom. The van der Waals surface area contributed by atoms with Gasteiger partial charge >= 0.3 is 0 Å². The van der Waals surface area contributed by atoms with Gasteiger partial charge in [0.1, 0.15) is 5.15 Å². The summed E-state index contributed by atoms with van der Waals surface area (Å²) >= 11 is 5.43. The molecule has 2 rings (SSSR count). The summed E-state index contributed by atoms with van der Waals surface area (Å²) in [5.74, 6) is 0. The van der Waals surface area contributed by atoms with Crippen LogP contribution >= 0.6 is 11.6 Å². The first-order valence-corrected chi connectivity index (χ1v) is 5.28. The van der Waals surface area contributed by atoms with Gasteiger partial charge in [-0.3, -0.25) is 4.98 Å². The predicted octanol–water partition coefficient (Wildman–Crippen LogP) is 2.35. The predicted molar refractivity (Wildman–Crippen MR) is 64.3 cm³/mol. The number of aliphatic hydroxyl groups is 1. The monoisotopic (exact) mass is 236 g/mol. The van der Waals surface area contributed by atoms with Crippen molar-refractivity contribution in [2.45, 2.75) is 6.42 Å². The van der Waals surface area contributed by atoms with E-state index in [4.69, 9.17) is 16.7 Å². The summed E-state index contributed by atoms with van der Waals surface area (Å²) in [5.41, 5.74) is 0.944. The molecule has 0 bridgehead atoms. The van der Waals surface area contributed by atoms with E-state index in [1.165, 1.54) is 0 Å². The molecule has 0 radical (unpaired) electrons. The van der Waals surface area contributed by atoms with E-state index in [9.17, 15) is 0 Å². The van der Waals surface area contributed by atoms with Crippen molar-refractivity contribution < 1.29 is 5.11 Å². The van der Waals surface area contributed by atoms with Crippen LogP contribution in [0.1, 0.15) is 5.69 Å². The second-order valence-corrected chi connectivity index (χ2v) is 3.33. The minimum atomic E-state index is 0.178. The second-order valence-electron chi connectivity index (χ2n) is 2.95. The van der Waals surface area contributed by atoms with E-state index in [0.29, 0.717) is 11.6 Å². The number of aliphatic hydroxyl groups excluding tert-OH is 1. The van der Waals surface area contributed by atoms with Crippen molar-refractivity contribution in [2.75, 3.05) is 6.61 Å². The van der Waals surface area contributed by atoms with Gasteiger partial charge in [-0.15, -0.1) is 0 Å². The maximum atomic E-state index is 8.48. The average Bonchev–Trinajstić information content (AvgIpc) is 2.33. The summed E-state index contributed by atoms with van der Waals surface area (Å²) < 4.78 is 0. The zero-order valence-corrected chi connectivity index (χ0v) is 9.51. The van der Waals surface area contributed by atoms with Gasteiger partial charge in [0.2, 0.25) is 0 Å². The summed E-state index contributed by atoms with van der Waals surface area (Å²) in [6, 6.07) is 11.1. The van der Waals surface area contributed by atoms with Crippen LogP contribution in [0.4, 0.5) is 0 Å². The molecule has 0 aliphatic rings. The quantitative estimate of drug-likeness (QED) is 0.815. The molecule has 0 fully saturated rings. The molecule has 2 aromatic rings. The highest BCUT2D eigenvalue weighted by molar-refractivity contribution is 6.29. The van der Waals surface area contributed by atoms with Crippen molar-refractivity contribution in [2.24, 2.45) is 0 Å². The normalized spacial score (nSPS) is 9.12. The van der Waals surface area contributed by atoms with E-state index in [2.05, 4.69) is 9.97 Å². The molecule has 0 saturated heterocycles. The fourth-order valence-corrected chi connectivity index (χ4v) is 1.13. The Balaban J connectivity index is 0.000000165. The van der Waals surface area contributed by atoms with E-state index in [-0.39, 0.29) is 6.61 Å². The van der Waals surface area contributed by atoms with Gasteiger partial charge in [0.05, 0.1) is 0 Å². The molecule has 0 amide bonds. The second kappa shape index (κ2) is 7.79. The van der Waals surface area contributed by atoms with Crippen LogP contribution in [-0.2, 0) is 6.42 Å². The minimum absolute atomic E-state index is 0.178. The Bertz CT molecular complexity index is 381. The highest BCUT2D eigenvalue weighted by Crippen LogP contribution is 1.98. The maximum absolute atomic E-state index is 8.48. The van der Waals surface area contributed by atoms with E-state index in [0.717, 1.165) is 5.69 Å². The van der Waals surface area contributed by atoms with Crippen LogP contribution in [0.5, 0.6) is 0 Å². The number of pyridine rings is 2. The van der Waals surface area contributed by atoms with Crippen LogP contribution in [0.3, 0.4) is 0 Å². The molecule has 0 spiro atoms. The van der Waals surface area contributed by atoms with Gasteiger partial charge < -0.3 is 5.11 Å². The topological polar surface area (TPSA) is 46.0 Å². The lowest BCUT2D eigenvalue weighted by atomic mass is 10.3. The summed E-state index contributed by atoms with van der Waals surface area (Å²) in [6.45, 7) is 0.178. The molecule has 0 saturated carbocycles. The number of aromatic nitrogens is 2. The zero-order valence-electron chi connectivity index (χ0n) is 8.75. The van der Waals surface area contributed by atoms with Crippen molar-refractivity contribution in [3.05, 3.63) is 59.6 Å². The highest BCUT2D eigenvalue weighted by Gasteiger charge is 1.87. The number of rotatable bonds is 2. The van der Waals surface area contributed by atoms with Crippen LogP contribution in [0.15, 0.2) is 48.8 Å². The molecule has 1 N–H and O–H groups in total. The first kappa shape index (κ1) is 12.6. The summed E-state index contributed by atoms with van der Waals surface area (Å²) in [4.78, 5) is 7.75. The fourth-order valence-electron chi connectivity index (χ4n) is 1.00. The molecule has 0 aliphatic heterocycles. The van der Waals surface area contributed by atoms with E-state index < -0.39 is 0 Å². The molecular formula is C12H13ClN2O. The van der Waals surface area contributed by atoms with Crippen LogP contribution in [0.25, 0.3) is 0 Å². The van der Waals surface area contributed by atoms with Gasteiger partial charge in [0.25, 0.3) is 0 Å². The first-order valence-electron chi connectivity index (χ1n) is 4.90. The van der Waals surface area contributed by atoms with Gasteiger partial charge in [0, 0.05) is 31.1 Å². The molecule has 0 unspecified atom stereocenters. The fraction of sp³-hybridized carbons (Fsp3) is 0.167. The third kappa shape index (κ3) is 5.44. The van der Waals surface area contributed by atoms with E-state index >= 15 is 0 Å². The summed E-state index contributed by atoms with van der Waals surface area (Å²) in [5, 5.41) is 9.02. The lowest BCUT2D eigenvalue weighted by Crippen LogP contribution is -1.91. The maximum Gasteiger partial charge on any atom is 0.129 e. The lowest BCUT2D eigenvalue weighted by molar-refractivity contribution is 0.298. The van der Waals surface area contributed by atoms with E-state index in [1.54, 1.807) is 18.5 Å². The Morgan fingerprint density at radius 1 is 1.00 bits per heavy atom. The number of hydrogen-bond donors (Lipinski definition) is 1. The Morgan fingerprint density at radius 2 is 1.69 bits per heavy atom. The smallest absolute Gasteiger partial charge is 0.129 e. The molecule has 16 heavy (non-hydrogen) atoms. The van der Waals surface area contributed by atoms with Crippen LogP contribution in [0, 0.1) is 0 Å². The molecule has 84 valence electrons. The average molecular weight is 237 g/mol. The van der Waals surface area contributed by atoms with Crippen molar-refractivity contribution in [1.29, 1.82) is 0 Å². The van der Waals surface area contributed by atoms with Crippen molar-refractivity contribution in [1.82, 2.24) is 9.97 Å². The summed E-state index contributed by atoms with van der Waals surface area (Å²) in [6.07, 6.45) is 4.04. The Labute approximate surface area is 99.8 Å². The standard InChI is InChI=1S/C7H9NO.C5H4ClN/c9-6-4-7-3-1-2-5-8-7;6-5-3-1-2-4-7-5/h1-3,5,9H,4,6H2;1-4H. The number of hydrogen-bond acceptors (Lipinski definition) is 3. The van der Waals surface area contributed by atoms with Crippen molar-refractivity contribution >= 4 is 11.6 Å². The van der Waals surface area contributed by atoms with Crippen LogP contribution < -0.4 is 0 Å². The Hall–Kier alpha value is -1.45. The Kier molecular flexibility index (Phi) is 6.15. The summed E-state index contributed by atoms with van der Waals surface area (Å²) in [7, 11) is 0. The lowest BCUT2D eigenvalue weighted by Gasteiger charge is -1.92. The van der Waals surface area contributed by atoms with Gasteiger partial charge in [0.15, 0.2) is 0 Å². The van der Waals surface area contributed by atoms with Crippen molar-refractivity contribution in [3.63, 3.8) is 0 Å². The molecule has 0 aliphatic carbocycles. The van der Waals surface area contributed by atoms with Crippen molar-refractivity contribution in [3.8, 4) is 0 Å². The van der Waals surface area contributed by atoms with Gasteiger partial charge in [-0.2, -0.15) is 0 Å². The third-order valence-electron chi connectivity index (χ3n) is 1.72.